The maximum Gasteiger partial charge on any atom is 0.251 e. The van der Waals surface area contributed by atoms with Gasteiger partial charge < -0.3 is 24.8 Å². The van der Waals surface area contributed by atoms with Crippen LogP contribution in [0.1, 0.15) is 51.9 Å². The zero-order valence-electron chi connectivity index (χ0n) is 20.1. The van der Waals surface area contributed by atoms with Crippen LogP contribution in [0.3, 0.4) is 0 Å². The minimum atomic E-state index is -0.551. The highest BCUT2D eigenvalue weighted by atomic mass is 33.1. The number of benzene rings is 1. The van der Waals surface area contributed by atoms with Crippen molar-refractivity contribution in [2.75, 3.05) is 46.6 Å². The van der Waals surface area contributed by atoms with Crippen LogP contribution in [-0.2, 0) is 9.47 Å². The Morgan fingerprint density at radius 3 is 2.48 bits per heavy atom. The summed E-state index contributed by atoms with van der Waals surface area (Å²) in [5.41, 5.74) is 0.579. The van der Waals surface area contributed by atoms with Crippen molar-refractivity contribution < 1.29 is 19.0 Å². The van der Waals surface area contributed by atoms with Crippen molar-refractivity contribution in [3.8, 4) is 5.75 Å². The van der Waals surface area contributed by atoms with E-state index in [1.54, 1.807) is 33.7 Å². The second-order valence-corrected chi connectivity index (χ2v) is 12.3. The molecule has 178 valence electrons. The molecule has 2 N–H and O–H groups in total. The highest BCUT2D eigenvalue weighted by Crippen LogP contribution is 2.44. The average molecular weight is 473 g/mol. The van der Waals surface area contributed by atoms with Crippen LogP contribution in [0.15, 0.2) is 24.3 Å². The van der Waals surface area contributed by atoms with Crippen LogP contribution in [0, 0.1) is 5.92 Å². The smallest absolute Gasteiger partial charge is 0.251 e. The normalized spacial score (nSPS) is 13.8. The number of ether oxygens (including phenoxy) is 3. The number of hydrogen-bond donors (Lipinski definition) is 2. The maximum atomic E-state index is 12.3. The third-order valence-corrected chi connectivity index (χ3v) is 7.79. The number of rotatable bonds is 15. The van der Waals surface area contributed by atoms with E-state index in [1.165, 1.54) is 0 Å². The summed E-state index contributed by atoms with van der Waals surface area (Å²) >= 11 is 0. The van der Waals surface area contributed by atoms with Crippen LogP contribution in [0.2, 0.25) is 0 Å². The molecule has 1 amide bonds. The second kappa shape index (κ2) is 14.3. The van der Waals surface area contributed by atoms with Gasteiger partial charge in [-0.3, -0.25) is 4.79 Å². The van der Waals surface area contributed by atoms with Crippen LogP contribution < -0.4 is 15.4 Å². The summed E-state index contributed by atoms with van der Waals surface area (Å²) < 4.78 is 18.0. The summed E-state index contributed by atoms with van der Waals surface area (Å²) in [6, 6.07) is 7.24. The van der Waals surface area contributed by atoms with E-state index in [4.69, 9.17) is 14.2 Å². The van der Waals surface area contributed by atoms with Gasteiger partial charge in [0.1, 0.15) is 12.4 Å². The van der Waals surface area contributed by atoms with Gasteiger partial charge in [-0.25, -0.2) is 0 Å². The maximum absolute atomic E-state index is 12.3. The molecule has 0 aliphatic heterocycles. The van der Waals surface area contributed by atoms with E-state index in [2.05, 4.69) is 45.3 Å². The van der Waals surface area contributed by atoms with E-state index in [-0.39, 0.29) is 10.7 Å². The Bertz CT molecular complexity index is 653. The van der Waals surface area contributed by atoms with Gasteiger partial charge in [-0.05, 0) is 38.1 Å². The molecule has 0 fully saturated rings. The molecule has 0 spiro atoms. The lowest BCUT2D eigenvalue weighted by Gasteiger charge is -2.31. The summed E-state index contributed by atoms with van der Waals surface area (Å²) in [6.07, 6.45) is 0. The van der Waals surface area contributed by atoms with Crippen molar-refractivity contribution in [2.45, 2.75) is 51.2 Å². The standard InChI is InChI=1S/C23H40N2O4S2/c1-18(2)16-27-13-14-29-23(6,31-30-22(3,4)5)17-28-20-10-8-9-19(15-20)21(26)25-12-11-24-7/h8-10,15,18,24H,11-14,16-17H2,1-7H3,(H,25,26). The number of hydrogen-bond acceptors (Lipinski definition) is 7. The summed E-state index contributed by atoms with van der Waals surface area (Å²) in [7, 11) is 5.28. The molecule has 0 aliphatic carbocycles. The Morgan fingerprint density at radius 1 is 1.10 bits per heavy atom. The first-order valence-corrected chi connectivity index (χ1v) is 12.9. The van der Waals surface area contributed by atoms with Gasteiger partial charge >= 0.3 is 0 Å². The summed E-state index contributed by atoms with van der Waals surface area (Å²) in [6.45, 7) is 16.2. The number of nitrogens with one attached hydrogen (secondary N) is 2. The molecule has 0 heterocycles. The van der Waals surface area contributed by atoms with Crippen LogP contribution in [0.5, 0.6) is 5.75 Å². The van der Waals surface area contributed by atoms with Gasteiger partial charge in [-0.1, -0.05) is 62.3 Å². The molecule has 0 radical (unpaired) electrons. The quantitative estimate of drug-likeness (QED) is 0.220. The third-order valence-electron chi connectivity index (χ3n) is 3.81. The molecule has 31 heavy (non-hydrogen) atoms. The number of carbonyl (C=O) groups excluding carboxylic acids is 1. The lowest BCUT2D eigenvalue weighted by atomic mass is 10.2. The summed E-state index contributed by atoms with van der Waals surface area (Å²) in [5.74, 6) is 1.04. The van der Waals surface area contributed by atoms with Crippen molar-refractivity contribution >= 4 is 27.5 Å². The Balaban J connectivity index is 2.69. The molecule has 6 nitrogen and oxygen atoms in total. The van der Waals surface area contributed by atoms with E-state index >= 15 is 0 Å². The minimum Gasteiger partial charge on any atom is -0.490 e. The van der Waals surface area contributed by atoms with E-state index in [0.29, 0.717) is 43.6 Å². The monoisotopic (exact) mass is 472 g/mol. The first kappa shape index (κ1) is 28.1. The molecule has 0 aliphatic rings. The molecule has 0 aromatic heterocycles. The predicted molar refractivity (Wildman–Crippen MR) is 133 cm³/mol. The summed E-state index contributed by atoms with van der Waals surface area (Å²) in [4.78, 5) is 11.7. The largest absolute Gasteiger partial charge is 0.490 e. The van der Waals surface area contributed by atoms with Crippen molar-refractivity contribution in [1.82, 2.24) is 10.6 Å². The van der Waals surface area contributed by atoms with Gasteiger partial charge in [0, 0.05) is 30.0 Å². The Labute approximate surface area is 196 Å². The molecule has 1 aromatic rings. The Hall–Kier alpha value is -0.930. The van der Waals surface area contributed by atoms with Crippen LogP contribution in [-0.4, -0.2) is 62.2 Å². The Kier molecular flexibility index (Phi) is 12.9. The molecule has 1 rings (SSSR count). The molecule has 0 bridgehead atoms. The molecule has 8 heteroatoms. The number of likely N-dealkylation sites (N-methyl/N-ethyl adjacent to an activating group) is 1. The van der Waals surface area contributed by atoms with E-state index in [1.807, 2.05) is 26.1 Å². The molecule has 1 atom stereocenters. The van der Waals surface area contributed by atoms with E-state index in [0.717, 1.165) is 13.2 Å². The number of amides is 1. The van der Waals surface area contributed by atoms with Gasteiger partial charge in [0.15, 0.2) is 4.93 Å². The SMILES string of the molecule is CNCCNC(=O)c1cccc(OCC(C)(OCCOCC(C)C)SSC(C)(C)C)c1. The van der Waals surface area contributed by atoms with Crippen molar-refractivity contribution in [2.24, 2.45) is 5.92 Å². The molecular formula is C23H40N2O4S2. The minimum absolute atomic E-state index is 0.0920. The molecule has 0 saturated heterocycles. The van der Waals surface area contributed by atoms with Gasteiger partial charge in [-0.2, -0.15) is 0 Å². The van der Waals surface area contributed by atoms with Crippen LogP contribution >= 0.6 is 21.6 Å². The number of carbonyl (C=O) groups is 1. The van der Waals surface area contributed by atoms with Gasteiger partial charge in [0.05, 0.1) is 13.2 Å². The molecular weight excluding hydrogens is 432 g/mol. The van der Waals surface area contributed by atoms with E-state index in [9.17, 15) is 4.79 Å². The fraction of sp³-hybridized carbons (Fsp3) is 0.696. The van der Waals surface area contributed by atoms with Crippen molar-refractivity contribution in [3.05, 3.63) is 29.8 Å². The fourth-order valence-corrected chi connectivity index (χ4v) is 4.52. The lowest BCUT2D eigenvalue weighted by molar-refractivity contribution is -0.0275. The Morgan fingerprint density at radius 2 is 1.84 bits per heavy atom. The fourth-order valence-electron chi connectivity index (χ4n) is 2.28. The van der Waals surface area contributed by atoms with Gasteiger partial charge in [0.2, 0.25) is 0 Å². The molecule has 1 unspecified atom stereocenters. The average Bonchev–Trinajstić information content (AvgIpc) is 2.70. The van der Waals surface area contributed by atoms with Gasteiger partial charge in [0.25, 0.3) is 5.91 Å². The first-order chi connectivity index (χ1) is 14.5. The highest BCUT2D eigenvalue weighted by molar-refractivity contribution is 8.77. The molecule has 1 aromatic carbocycles. The van der Waals surface area contributed by atoms with Crippen LogP contribution in [0.25, 0.3) is 0 Å². The lowest BCUT2D eigenvalue weighted by Crippen LogP contribution is -2.34. The van der Waals surface area contributed by atoms with Crippen molar-refractivity contribution in [1.29, 1.82) is 0 Å². The first-order valence-electron chi connectivity index (χ1n) is 10.8. The third kappa shape index (κ3) is 13.3. The van der Waals surface area contributed by atoms with Crippen LogP contribution in [0.4, 0.5) is 0 Å². The van der Waals surface area contributed by atoms with E-state index < -0.39 is 4.93 Å². The molecule has 0 saturated carbocycles. The zero-order chi connectivity index (χ0) is 23.3. The highest BCUT2D eigenvalue weighted by Gasteiger charge is 2.30. The topological polar surface area (TPSA) is 68.8 Å². The van der Waals surface area contributed by atoms with Gasteiger partial charge in [-0.15, -0.1) is 0 Å². The second-order valence-electron chi connectivity index (χ2n) is 8.91. The predicted octanol–water partition coefficient (Wildman–Crippen LogP) is 4.60. The zero-order valence-corrected chi connectivity index (χ0v) is 21.7. The van der Waals surface area contributed by atoms with Crippen molar-refractivity contribution in [3.63, 3.8) is 0 Å². The summed E-state index contributed by atoms with van der Waals surface area (Å²) in [5, 5.41) is 5.89.